The number of aliphatic carboxylic acids is 1. The van der Waals surface area contributed by atoms with Gasteiger partial charge in [0.15, 0.2) is 0 Å². The highest BCUT2D eigenvalue weighted by atomic mass is 16.4. The number of amides is 2. The van der Waals surface area contributed by atoms with Gasteiger partial charge in [0.25, 0.3) is 5.91 Å². The van der Waals surface area contributed by atoms with Crippen molar-refractivity contribution in [3.63, 3.8) is 0 Å². The summed E-state index contributed by atoms with van der Waals surface area (Å²) in [6.07, 6.45) is 0.338. The SMILES string of the molecule is CCC(=O)Nc1cccc(C(=O)N[C@H](C(=O)O)C(C)C)c1. The minimum Gasteiger partial charge on any atom is -0.480 e. The van der Waals surface area contributed by atoms with Crippen LogP contribution in [0, 0.1) is 5.92 Å². The number of carboxylic acid groups (broad SMARTS) is 1. The van der Waals surface area contributed by atoms with E-state index in [1.165, 1.54) is 6.07 Å². The molecule has 0 saturated heterocycles. The van der Waals surface area contributed by atoms with E-state index in [2.05, 4.69) is 10.6 Å². The van der Waals surface area contributed by atoms with Gasteiger partial charge >= 0.3 is 5.97 Å². The molecule has 1 atom stereocenters. The molecule has 21 heavy (non-hydrogen) atoms. The van der Waals surface area contributed by atoms with E-state index in [0.717, 1.165) is 0 Å². The predicted molar refractivity (Wildman–Crippen MR) is 79.1 cm³/mol. The zero-order chi connectivity index (χ0) is 16.0. The lowest BCUT2D eigenvalue weighted by molar-refractivity contribution is -0.140. The third-order valence-electron chi connectivity index (χ3n) is 2.95. The van der Waals surface area contributed by atoms with Crippen molar-refractivity contribution in [3.05, 3.63) is 29.8 Å². The van der Waals surface area contributed by atoms with Crippen molar-refractivity contribution in [1.29, 1.82) is 0 Å². The lowest BCUT2D eigenvalue weighted by atomic mass is 10.0. The molecule has 0 unspecified atom stereocenters. The molecule has 0 spiro atoms. The lowest BCUT2D eigenvalue weighted by Gasteiger charge is -2.18. The molecule has 1 aromatic carbocycles. The van der Waals surface area contributed by atoms with Gasteiger partial charge < -0.3 is 15.7 Å². The van der Waals surface area contributed by atoms with E-state index in [1.54, 1.807) is 39.0 Å². The van der Waals surface area contributed by atoms with Crippen LogP contribution in [0.5, 0.6) is 0 Å². The van der Waals surface area contributed by atoms with E-state index >= 15 is 0 Å². The van der Waals surface area contributed by atoms with E-state index in [1.807, 2.05) is 0 Å². The smallest absolute Gasteiger partial charge is 0.326 e. The number of rotatable bonds is 6. The number of benzene rings is 1. The second-order valence-corrected chi connectivity index (χ2v) is 5.02. The van der Waals surface area contributed by atoms with Gasteiger partial charge in [0.1, 0.15) is 6.04 Å². The molecule has 1 rings (SSSR count). The van der Waals surface area contributed by atoms with Crippen molar-refractivity contribution in [2.45, 2.75) is 33.2 Å². The number of nitrogens with one attached hydrogen (secondary N) is 2. The summed E-state index contributed by atoms with van der Waals surface area (Å²) in [4.78, 5) is 34.5. The van der Waals surface area contributed by atoms with Gasteiger partial charge in [-0.3, -0.25) is 9.59 Å². The summed E-state index contributed by atoms with van der Waals surface area (Å²) in [6, 6.07) is 5.43. The Morgan fingerprint density at radius 3 is 2.43 bits per heavy atom. The molecule has 1 aromatic rings. The standard InChI is InChI=1S/C15H20N2O4/c1-4-12(18)16-11-7-5-6-10(8-11)14(19)17-13(9(2)3)15(20)21/h5-9,13H,4H2,1-3H3,(H,16,18)(H,17,19)(H,20,21)/t13-/m0/s1. The van der Waals surface area contributed by atoms with Crippen molar-refractivity contribution >= 4 is 23.5 Å². The highest BCUT2D eigenvalue weighted by Gasteiger charge is 2.23. The third-order valence-corrected chi connectivity index (χ3v) is 2.95. The maximum absolute atomic E-state index is 12.1. The molecule has 0 aliphatic carbocycles. The average Bonchev–Trinajstić information content (AvgIpc) is 2.43. The van der Waals surface area contributed by atoms with E-state index in [0.29, 0.717) is 17.7 Å². The van der Waals surface area contributed by atoms with Crippen LogP contribution in [-0.4, -0.2) is 28.9 Å². The Balaban J connectivity index is 2.85. The molecular formula is C15H20N2O4. The Morgan fingerprint density at radius 1 is 1.24 bits per heavy atom. The molecule has 0 bridgehead atoms. The maximum atomic E-state index is 12.1. The van der Waals surface area contributed by atoms with Gasteiger partial charge in [0.05, 0.1) is 0 Å². The lowest BCUT2D eigenvalue weighted by Crippen LogP contribution is -2.44. The van der Waals surface area contributed by atoms with Gasteiger partial charge in [0.2, 0.25) is 5.91 Å². The summed E-state index contributed by atoms with van der Waals surface area (Å²) in [7, 11) is 0. The molecule has 6 nitrogen and oxygen atoms in total. The summed E-state index contributed by atoms with van der Waals surface area (Å²) in [6.45, 7) is 5.17. The molecule has 114 valence electrons. The van der Waals surface area contributed by atoms with Gasteiger partial charge in [-0.05, 0) is 24.1 Å². The van der Waals surface area contributed by atoms with Crippen LogP contribution in [0.4, 0.5) is 5.69 Å². The molecule has 6 heteroatoms. The number of anilines is 1. The zero-order valence-corrected chi connectivity index (χ0v) is 12.3. The molecular weight excluding hydrogens is 272 g/mol. The van der Waals surface area contributed by atoms with Gasteiger partial charge in [-0.2, -0.15) is 0 Å². The second kappa shape index (κ2) is 7.42. The van der Waals surface area contributed by atoms with Crippen LogP contribution in [0.15, 0.2) is 24.3 Å². The average molecular weight is 292 g/mol. The molecule has 3 N–H and O–H groups in total. The number of carbonyl (C=O) groups excluding carboxylic acids is 2. The molecule has 0 aliphatic rings. The van der Waals surface area contributed by atoms with Gasteiger partial charge in [0, 0.05) is 17.7 Å². The normalized spacial score (nSPS) is 11.8. The maximum Gasteiger partial charge on any atom is 0.326 e. The zero-order valence-electron chi connectivity index (χ0n) is 12.3. The number of hydrogen-bond acceptors (Lipinski definition) is 3. The minimum atomic E-state index is -1.08. The third kappa shape index (κ3) is 4.91. The first kappa shape index (κ1) is 16.7. The molecule has 0 saturated carbocycles. The molecule has 0 fully saturated rings. The summed E-state index contributed by atoms with van der Waals surface area (Å²) in [5.74, 6) is -1.94. The number of carbonyl (C=O) groups is 3. The predicted octanol–water partition coefficient (Wildman–Crippen LogP) is 1.87. The molecule has 0 aliphatic heterocycles. The van der Waals surface area contributed by atoms with Crippen LogP contribution in [0.1, 0.15) is 37.6 Å². The van der Waals surface area contributed by atoms with Crippen LogP contribution in [0.25, 0.3) is 0 Å². The van der Waals surface area contributed by atoms with Gasteiger partial charge in [-0.15, -0.1) is 0 Å². The fourth-order valence-corrected chi connectivity index (χ4v) is 1.73. The molecule has 2 amide bonds. The van der Waals surface area contributed by atoms with Crippen LogP contribution in [0.3, 0.4) is 0 Å². The van der Waals surface area contributed by atoms with E-state index < -0.39 is 17.9 Å². The van der Waals surface area contributed by atoms with Crippen molar-refractivity contribution in [2.75, 3.05) is 5.32 Å². The van der Waals surface area contributed by atoms with E-state index in [-0.39, 0.29) is 11.8 Å². The highest BCUT2D eigenvalue weighted by Crippen LogP contribution is 2.12. The van der Waals surface area contributed by atoms with E-state index in [9.17, 15) is 14.4 Å². The summed E-state index contributed by atoms with van der Waals surface area (Å²) >= 11 is 0. The first-order valence-corrected chi connectivity index (χ1v) is 6.78. The van der Waals surface area contributed by atoms with Crippen LogP contribution in [-0.2, 0) is 9.59 Å². The highest BCUT2D eigenvalue weighted by molar-refractivity contribution is 5.98. The molecule has 0 heterocycles. The van der Waals surface area contributed by atoms with E-state index in [4.69, 9.17) is 5.11 Å². The first-order chi connectivity index (χ1) is 9.85. The Morgan fingerprint density at radius 2 is 1.90 bits per heavy atom. The summed E-state index contributed by atoms with van der Waals surface area (Å²) in [5, 5.41) is 14.2. The monoisotopic (exact) mass is 292 g/mol. The summed E-state index contributed by atoms with van der Waals surface area (Å²) in [5.41, 5.74) is 0.807. The Labute approximate surface area is 123 Å². The van der Waals surface area contributed by atoms with Crippen molar-refractivity contribution in [1.82, 2.24) is 5.32 Å². The number of carboxylic acids is 1. The van der Waals surface area contributed by atoms with Crippen molar-refractivity contribution < 1.29 is 19.5 Å². The van der Waals surface area contributed by atoms with Crippen LogP contribution >= 0.6 is 0 Å². The quantitative estimate of drug-likeness (QED) is 0.746. The minimum absolute atomic E-state index is 0.154. The molecule has 0 aromatic heterocycles. The largest absolute Gasteiger partial charge is 0.480 e. The van der Waals surface area contributed by atoms with Crippen LogP contribution < -0.4 is 10.6 Å². The summed E-state index contributed by atoms with van der Waals surface area (Å²) < 4.78 is 0. The van der Waals surface area contributed by atoms with Gasteiger partial charge in [-0.1, -0.05) is 26.8 Å². The fourth-order valence-electron chi connectivity index (χ4n) is 1.73. The Bertz CT molecular complexity index is 540. The van der Waals surface area contributed by atoms with Crippen LogP contribution in [0.2, 0.25) is 0 Å². The second-order valence-electron chi connectivity index (χ2n) is 5.02. The topological polar surface area (TPSA) is 95.5 Å². The number of hydrogen-bond donors (Lipinski definition) is 3. The van der Waals surface area contributed by atoms with Crippen molar-refractivity contribution in [2.24, 2.45) is 5.92 Å². The molecule has 0 radical (unpaired) electrons. The Hall–Kier alpha value is -2.37. The fraction of sp³-hybridized carbons (Fsp3) is 0.400. The van der Waals surface area contributed by atoms with Gasteiger partial charge in [-0.25, -0.2) is 4.79 Å². The Kier molecular flexibility index (Phi) is 5.90. The first-order valence-electron chi connectivity index (χ1n) is 6.78. The van der Waals surface area contributed by atoms with Crippen molar-refractivity contribution in [3.8, 4) is 0 Å².